The van der Waals surface area contributed by atoms with Gasteiger partial charge < -0.3 is 14.3 Å². The lowest BCUT2D eigenvalue weighted by Gasteiger charge is -2.20. The minimum atomic E-state index is 0.902. The van der Waals surface area contributed by atoms with Gasteiger partial charge in [0.25, 0.3) is 0 Å². The molecule has 0 amide bonds. The first kappa shape index (κ1) is 23.1. The summed E-state index contributed by atoms with van der Waals surface area (Å²) in [4.78, 5) is 0. The number of para-hydroxylation sites is 6. The molecular formula is C37H26N4O. The highest BCUT2D eigenvalue weighted by Gasteiger charge is 2.19. The number of aromatic nitrogens is 3. The van der Waals surface area contributed by atoms with Crippen LogP contribution in [0, 0.1) is 6.92 Å². The van der Waals surface area contributed by atoms with Crippen molar-refractivity contribution in [3.8, 4) is 11.4 Å². The predicted octanol–water partition coefficient (Wildman–Crippen LogP) is 10.0. The fourth-order valence-electron chi connectivity index (χ4n) is 6.48. The fraction of sp³-hybridized carbons (Fsp3) is 0.0270. The van der Waals surface area contributed by atoms with E-state index in [0.29, 0.717) is 0 Å². The summed E-state index contributed by atoms with van der Waals surface area (Å²) in [6.45, 7) is 2.11. The maximum Gasteiger partial charge on any atom is 0.138 e. The third-order valence-corrected chi connectivity index (χ3v) is 8.41. The molecule has 200 valence electrons. The molecule has 9 aromatic rings. The molecule has 0 unspecified atom stereocenters. The molecule has 0 aliphatic heterocycles. The topological polar surface area (TPSA) is 50.8 Å². The van der Waals surface area contributed by atoms with Crippen molar-refractivity contribution in [2.24, 2.45) is 0 Å². The molecule has 0 saturated heterocycles. The lowest BCUT2D eigenvalue weighted by Crippen LogP contribution is -2.10. The van der Waals surface area contributed by atoms with Crippen LogP contribution in [-0.2, 0) is 0 Å². The Kier molecular flexibility index (Phi) is 4.75. The number of nitrogens with zero attached hydrogens (tertiary/aromatic N) is 2. The average Bonchev–Trinajstić information content (AvgIpc) is 3.55. The van der Waals surface area contributed by atoms with Crippen LogP contribution in [0.4, 0.5) is 11.4 Å². The van der Waals surface area contributed by atoms with Gasteiger partial charge in [-0.05, 0) is 73.2 Å². The number of aromatic amines is 1. The van der Waals surface area contributed by atoms with E-state index in [1.807, 2.05) is 0 Å². The van der Waals surface area contributed by atoms with Crippen LogP contribution in [0.25, 0.3) is 66.2 Å². The maximum absolute atomic E-state index is 6.37. The molecule has 2 N–H and O–H groups in total. The van der Waals surface area contributed by atoms with Crippen molar-refractivity contribution in [1.82, 2.24) is 14.3 Å². The largest absolute Gasteiger partial charge is 0.456 e. The van der Waals surface area contributed by atoms with Gasteiger partial charge in [0.15, 0.2) is 0 Å². The predicted molar refractivity (Wildman–Crippen MR) is 174 cm³/mol. The minimum absolute atomic E-state index is 0.902. The van der Waals surface area contributed by atoms with Gasteiger partial charge in [-0.3, -0.25) is 9.78 Å². The molecule has 0 aliphatic carbocycles. The van der Waals surface area contributed by atoms with Gasteiger partial charge in [0, 0.05) is 21.8 Å². The van der Waals surface area contributed by atoms with Crippen molar-refractivity contribution in [2.45, 2.75) is 6.92 Å². The number of nitrogens with one attached hydrogen (secondary N) is 2. The molecule has 3 heterocycles. The van der Waals surface area contributed by atoms with Crippen molar-refractivity contribution in [3.05, 3.63) is 133 Å². The van der Waals surface area contributed by atoms with Crippen molar-refractivity contribution in [2.75, 3.05) is 5.32 Å². The second-order valence-corrected chi connectivity index (χ2v) is 10.9. The number of rotatable bonds is 4. The molecule has 5 heteroatoms. The van der Waals surface area contributed by atoms with Gasteiger partial charge in [0.2, 0.25) is 0 Å². The standard InChI is InChI=1S/C37H26N4O/c1-23-10-8-12-26-36-34(18-9-19-35(36)42-37(23)26)40-30-15-5-2-11-25(30)27-22-24(20-21-31(27)40)38-28-13-3-6-16-32(28)41-33-17-7-4-14-29(33)39-41/h2-22,38-39H,1H3. The average molecular weight is 543 g/mol. The summed E-state index contributed by atoms with van der Waals surface area (Å²) in [6, 6.07) is 44.8. The Balaban J connectivity index is 1.23. The van der Waals surface area contributed by atoms with Gasteiger partial charge in [0.05, 0.1) is 44.5 Å². The van der Waals surface area contributed by atoms with Gasteiger partial charge in [-0.1, -0.05) is 66.7 Å². The number of hydrogen-bond acceptors (Lipinski definition) is 2. The van der Waals surface area contributed by atoms with E-state index in [1.165, 1.54) is 21.8 Å². The van der Waals surface area contributed by atoms with Gasteiger partial charge in [0.1, 0.15) is 11.2 Å². The summed E-state index contributed by atoms with van der Waals surface area (Å²) < 4.78 is 10.9. The number of benzene rings is 6. The Hall–Kier alpha value is -5.68. The van der Waals surface area contributed by atoms with E-state index >= 15 is 0 Å². The number of anilines is 2. The number of furan rings is 1. The zero-order chi connectivity index (χ0) is 27.8. The van der Waals surface area contributed by atoms with Crippen LogP contribution in [0.1, 0.15) is 5.56 Å². The van der Waals surface area contributed by atoms with Crippen LogP contribution in [0.5, 0.6) is 0 Å². The lowest BCUT2D eigenvalue weighted by atomic mass is 10.1. The summed E-state index contributed by atoms with van der Waals surface area (Å²) in [6.07, 6.45) is 0. The Bertz CT molecular complexity index is 2470. The molecule has 9 rings (SSSR count). The molecule has 0 bridgehead atoms. The molecule has 0 saturated carbocycles. The van der Waals surface area contributed by atoms with Crippen LogP contribution in [0.3, 0.4) is 0 Å². The van der Waals surface area contributed by atoms with Crippen molar-refractivity contribution in [3.63, 3.8) is 0 Å². The Labute approximate surface area is 241 Å². The molecule has 0 fully saturated rings. The first-order chi connectivity index (χ1) is 20.7. The Morgan fingerprint density at radius 3 is 2.29 bits per heavy atom. The quantitative estimate of drug-likeness (QED) is 0.232. The normalized spacial score (nSPS) is 11.9. The Morgan fingerprint density at radius 1 is 0.619 bits per heavy atom. The van der Waals surface area contributed by atoms with E-state index in [1.54, 1.807) is 0 Å². The second-order valence-electron chi connectivity index (χ2n) is 10.9. The minimum Gasteiger partial charge on any atom is -0.456 e. The van der Waals surface area contributed by atoms with Gasteiger partial charge >= 0.3 is 0 Å². The fourth-order valence-corrected chi connectivity index (χ4v) is 6.48. The Morgan fingerprint density at radius 2 is 1.36 bits per heavy atom. The number of aryl methyl sites for hydroxylation is 1. The number of fused-ring (bicyclic) bond motifs is 7. The molecule has 6 aromatic carbocycles. The maximum atomic E-state index is 6.37. The van der Waals surface area contributed by atoms with Gasteiger partial charge in [-0.15, -0.1) is 0 Å². The van der Waals surface area contributed by atoms with E-state index < -0.39 is 0 Å². The number of hydrogen-bond donors (Lipinski definition) is 2. The van der Waals surface area contributed by atoms with E-state index in [2.05, 4.69) is 154 Å². The monoisotopic (exact) mass is 542 g/mol. The molecule has 0 radical (unpaired) electrons. The summed E-state index contributed by atoms with van der Waals surface area (Å²) >= 11 is 0. The first-order valence-electron chi connectivity index (χ1n) is 14.2. The molecular weight excluding hydrogens is 516 g/mol. The van der Waals surface area contributed by atoms with E-state index in [-0.39, 0.29) is 0 Å². The van der Waals surface area contributed by atoms with E-state index in [9.17, 15) is 0 Å². The molecule has 0 atom stereocenters. The van der Waals surface area contributed by atoms with E-state index in [0.717, 1.165) is 61.3 Å². The molecule has 3 aromatic heterocycles. The SMILES string of the molecule is Cc1cccc2c1oc1cccc(-n3c4ccccc4c4cc(Nc5ccccc5-n5[nH]c6ccccc65)ccc43)c12. The molecule has 0 spiro atoms. The second kappa shape index (κ2) is 8.66. The molecule has 0 aliphatic rings. The lowest BCUT2D eigenvalue weighted by molar-refractivity contribution is 0.665. The van der Waals surface area contributed by atoms with Crippen LogP contribution in [0.15, 0.2) is 132 Å². The smallest absolute Gasteiger partial charge is 0.138 e. The molecule has 5 nitrogen and oxygen atoms in total. The summed E-state index contributed by atoms with van der Waals surface area (Å²) in [5.74, 6) is 0. The van der Waals surface area contributed by atoms with E-state index in [4.69, 9.17) is 4.42 Å². The zero-order valence-corrected chi connectivity index (χ0v) is 22.9. The van der Waals surface area contributed by atoms with Crippen molar-refractivity contribution < 1.29 is 4.42 Å². The van der Waals surface area contributed by atoms with Crippen LogP contribution < -0.4 is 5.32 Å². The van der Waals surface area contributed by atoms with Crippen LogP contribution in [-0.4, -0.2) is 14.3 Å². The van der Waals surface area contributed by atoms with Gasteiger partial charge in [-0.25, -0.2) is 0 Å². The molecule has 42 heavy (non-hydrogen) atoms. The van der Waals surface area contributed by atoms with Crippen LogP contribution >= 0.6 is 0 Å². The third kappa shape index (κ3) is 3.25. The summed E-state index contributed by atoms with van der Waals surface area (Å²) in [7, 11) is 0. The van der Waals surface area contributed by atoms with Crippen LogP contribution in [0.2, 0.25) is 0 Å². The third-order valence-electron chi connectivity index (χ3n) is 8.41. The number of H-pyrrole nitrogens is 1. The zero-order valence-electron chi connectivity index (χ0n) is 22.9. The van der Waals surface area contributed by atoms with Crippen molar-refractivity contribution >= 4 is 66.2 Å². The van der Waals surface area contributed by atoms with Gasteiger partial charge in [-0.2, -0.15) is 0 Å². The summed E-state index contributed by atoms with van der Waals surface area (Å²) in [5.41, 5.74) is 11.9. The highest BCUT2D eigenvalue weighted by atomic mass is 16.3. The highest BCUT2D eigenvalue weighted by molar-refractivity contribution is 6.15. The first-order valence-corrected chi connectivity index (χ1v) is 14.2. The summed E-state index contributed by atoms with van der Waals surface area (Å²) in [5, 5.41) is 11.8. The highest BCUT2D eigenvalue weighted by Crippen LogP contribution is 2.40. The van der Waals surface area contributed by atoms with Crippen molar-refractivity contribution in [1.29, 1.82) is 0 Å².